The highest BCUT2D eigenvalue weighted by atomic mass is 32.1. The van der Waals surface area contributed by atoms with Gasteiger partial charge in [0, 0.05) is 5.69 Å². The number of aryl methyl sites for hydroxylation is 1. The van der Waals surface area contributed by atoms with Crippen LogP contribution in [0.4, 0.5) is 5.69 Å². The van der Waals surface area contributed by atoms with Crippen LogP contribution in [0.5, 0.6) is 0 Å². The Morgan fingerprint density at radius 3 is 3.00 bits per heavy atom. The monoisotopic (exact) mass is 236 g/mol. The molecule has 1 unspecified atom stereocenters. The molecular weight excluding hydrogens is 218 g/mol. The lowest BCUT2D eigenvalue weighted by molar-refractivity contribution is -0.901. The Balaban J connectivity index is 2.21. The minimum atomic E-state index is 0.836. The van der Waals surface area contributed by atoms with Crippen molar-refractivity contribution in [1.29, 1.82) is 0 Å². The van der Waals surface area contributed by atoms with E-state index in [2.05, 4.69) is 48.3 Å². The summed E-state index contributed by atoms with van der Waals surface area (Å²) in [5, 5.41) is 4.11. The second kappa shape index (κ2) is 4.80. The van der Waals surface area contributed by atoms with Gasteiger partial charge in [0.2, 0.25) is 0 Å². The van der Waals surface area contributed by atoms with Crippen molar-refractivity contribution in [2.24, 2.45) is 0 Å². The molecule has 0 saturated carbocycles. The van der Waals surface area contributed by atoms with Gasteiger partial charge in [0.15, 0.2) is 18.4 Å². The molecule has 1 aliphatic rings. The van der Waals surface area contributed by atoms with E-state index in [4.69, 9.17) is 12.2 Å². The van der Waals surface area contributed by atoms with E-state index >= 15 is 0 Å². The molecule has 2 N–H and O–H groups in total. The van der Waals surface area contributed by atoms with Crippen LogP contribution in [-0.4, -0.2) is 25.0 Å². The van der Waals surface area contributed by atoms with Crippen LogP contribution >= 0.6 is 12.2 Å². The number of nitrogens with one attached hydrogen (secondary N) is 2. The number of thiocarbonyl (C=S) groups is 1. The Hall–Kier alpha value is -1.13. The van der Waals surface area contributed by atoms with Crippen LogP contribution in [0.25, 0.3) is 0 Å². The molecule has 0 amide bonds. The van der Waals surface area contributed by atoms with Crippen LogP contribution in [0, 0.1) is 6.92 Å². The maximum Gasteiger partial charge on any atom is 0.182 e. The van der Waals surface area contributed by atoms with Gasteiger partial charge in [-0.2, -0.15) is 0 Å². The molecule has 0 radical (unpaired) electrons. The normalized spacial score (nSPS) is 20.8. The van der Waals surface area contributed by atoms with Crippen LogP contribution in [0.3, 0.4) is 0 Å². The molecule has 0 aliphatic carbocycles. The van der Waals surface area contributed by atoms with E-state index in [1.807, 2.05) is 0 Å². The summed E-state index contributed by atoms with van der Waals surface area (Å²) in [6.45, 7) is 7.29. The zero-order valence-electron chi connectivity index (χ0n) is 9.79. The molecule has 1 aromatic carbocycles. The second-order valence-corrected chi connectivity index (χ2v) is 4.57. The van der Waals surface area contributed by atoms with Crippen LogP contribution in [0.2, 0.25) is 0 Å². The van der Waals surface area contributed by atoms with Crippen molar-refractivity contribution in [3.8, 4) is 0 Å². The topological polar surface area (TPSA) is 19.7 Å². The van der Waals surface area contributed by atoms with E-state index in [-0.39, 0.29) is 0 Å². The summed E-state index contributed by atoms with van der Waals surface area (Å²) in [7, 11) is 0. The first-order valence-electron chi connectivity index (χ1n) is 5.66. The van der Waals surface area contributed by atoms with E-state index in [1.165, 1.54) is 16.2 Å². The third-order valence-corrected chi connectivity index (χ3v) is 3.29. The van der Waals surface area contributed by atoms with Crippen molar-refractivity contribution < 1.29 is 4.90 Å². The van der Waals surface area contributed by atoms with Gasteiger partial charge in [0.25, 0.3) is 0 Å². The predicted molar refractivity (Wildman–Crippen MR) is 70.6 cm³/mol. The van der Waals surface area contributed by atoms with Crippen molar-refractivity contribution in [2.75, 3.05) is 24.8 Å². The lowest BCUT2D eigenvalue weighted by Crippen LogP contribution is -3.17. The number of hydrogen-bond acceptors (Lipinski definition) is 1. The number of anilines is 1. The van der Waals surface area contributed by atoms with Crippen molar-refractivity contribution in [3.63, 3.8) is 0 Å². The van der Waals surface area contributed by atoms with Gasteiger partial charge >= 0.3 is 0 Å². The maximum absolute atomic E-state index is 5.35. The molecule has 1 aliphatic heterocycles. The van der Waals surface area contributed by atoms with Crippen molar-refractivity contribution in [2.45, 2.75) is 13.8 Å². The summed E-state index contributed by atoms with van der Waals surface area (Å²) in [4.78, 5) is 3.67. The number of rotatable bonds is 2. The number of hydrogen-bond donors (Lipinski definition) is 2. The van der Waals surface area contributed by atoms with Gasteiger partial charge in [-0.05, 0) is 43.8 Å². The minimum absolute atomic E-state index is 0.836. The Morgan fingerprint density at radius 1 is 1.50 bits per heavy atom. The molecule has 0 aromatic heterocycles. The van der Waals surface area contributed by atoms with Crippen LogP contribution < -0.4 is 15.1 Å². The lowest BCUT2D eigenvalue weighted by atomic mass is 10.2. The number of nitrogens with zero attached hydrogens (tertiary/aromatic N) is 1. The third-order valence-electron chi connectivity index (χ3n) is 2.93. The Labute approximate surface area is 102 Å². The lowest BCUT2D eigenvalue weighted by Gasteiger charge is -2.34. The maximum atomic E-state index is 5.35. The van der Waals surface area contributed by atoms with Gasteiger partial charge < -0.3 is 10.2 Å². The summed E-state index contributed by atoms with van der Waals surface area (Å²) >= 11 is 5.35. The SMILES string of the molecule is CC[NH+]1CNC(=S)N(c2cccc(C)c2)C1. The molecule has 1 saturated heterocycles. The number of benzene rings is 1. The Kier molecular flexibility index (Phi) is 3.41. The molecular formula is C12H18N3S+. The molecule has 3 nitrogen and oxygen atoms in total. The van der Waals surface area contributed by atoms with E-state index in [0.29, 0.717) is 0 Å². The molecule has 0 spiro atoms. The Morgan fingerprint density at radius 2 is 2.31 bits per heavy atom. The predicted octanol–water partition coefficient (Wildman–Crippen LogP) is 0.509. The zero-order chi connectivity index (χ0) is 11.5. The van der Waals surface area contributed by atoms with Crippen molar-refractivity contribution >= 4 is 23.0 Å². The molecule has 16 heavy (non-hydrogen) atoms. The molecule has 2 rings (SSSR count). The van der Waals surface area contributed by atoms with E-state index in [9.17, 15) is 0 Å². The molecule has 86 valence electrons. The molecule has 0 bridgehead atoms. The first-order valence-corrected chi connectivity index (χ1v) is 6.07. The highest BCUT2D eigenvalue weighted by Gasteiger charge is 2.23. The molecule has 1 aromatic rings. The largest absolute Gasteiger partial charge is 0.315 e. The first kappa shape index (κ1) is 11.4. The van der Waals surface area contributed by atoms with Crippen LogP contribution in [0.1, 0.15) is 12.5 Å². The average molecular weight is 236 g/mol. The fourth-order valence-electron chi connectivity index (χ4n) is 1.89. The third kappa shape index (κ3) is 2.33. The van der Waals surface area contributed by atoms with Gasteiger partial charge in [0.1, 0.15) is 0 Å². The summed E-state index contributed by atoms with van der Waals surface area (Å²) in [5.74, 6) is 0. The Bertz CT molecular complexity index is 392. The molecule has 1 atom stereocenters. The second-order valence-electron chi connectivity index (χ2n) is 4.19. The molecule has 1 fully saturated rings. The average Bonchev–Trinajstić information content (AvgIpc) is 2.30. The van der Waals surface area contributed by atoms with Gasteiger partial charge in [-0.1, -0.05) is 12.1 Å². The number of quaternary nitrogens is 1. The molecule has 1 heterocycles. The fourth-order valence-corrected chi connectivity index (χ4v) is 2.13. The molecule has 4 heteroatoms. The van der Waals surface area contributed by atoms with Crippen molar-refractivity contribution in [3.05, 3.63) is 29.8 Å². The summed E-state index contributed by atoms with van der Waals surface area (Å²) in [5.41, 5.74) is 2.45. The summed E-state index contributed by atoms with van der Waals surface area (Å²) in [6.07, 6.45) is 0. The van der Waals surface area contributed by atoms with Gasteiger partial charge in [-0.3, -0.25) is 4.90 Å². The van der Waals surface area contributed by atoms with Crippen LogP contribution in [0.15, 0.2) is 24.3 Å². The summed E-state index contributed by atoms with van der Waals surface area (Å²) < 4.78 is 0. The first-order chi connectivity index (χ1) is 7.70. The van der Waals surface area contributed by atoms with Crippen LogP contribution in [-0.2, 0) is 0 Å². The van der Waals surface area contributed by atoms with E-state index < -0.39 is 0 Å². The quantitative estimate of drug-likeness (QED) is 0.730. The highest BCUT2D eigenvalue weighted by Crippen LogP contribution is 2.15. The highest BCUT2D eigenvalue weighted by molar-refractivity contribution is 7.80. The van der Waals surface area contributed by atoms with E-state index in [0.717, 1.165) is 25.0 Å². The van der Waals surface area contributed by atoms with Gasteiger partial charge in [0.05, 0.1) is 6.54 Å². The van der Waals surface area contributed by atoms with E-state index in [1.54, 1.807) is 0 Å². The standard InChI is InChI=1S/C12H17N3S/c1-3-14-8-13-12(16)15(9-14)11-6-4-5-10(2)7-11/h4-7H,3,8-9H2,1-2H3,(H,13,16)/p+1. The minimum Gasteiger partial charge on any atom is -0.315 e. The zero-order valence-corrected chi connectivity index (χ0v) is 10.6. The fraction of sp³-hybridized carbons (Fsp3) is 0.417. The van der Waals surface area contributed by atoms with Gasteiger partial charge in [-0.25, -0.2) is 0 Å². The summed E-state index contributed by atoms with van der Waals surface area (Å²) in [6, 6.07) is 8.47. The smallest absolute Gasteiger partial charge is 0.182 e. The van der Waals surface area contributed by atoms with Gasteiger partial charge in [-0.15, -0.1) is 0 Å². The van der Waals surface area contributed by atoms with Crippen molar-refractivity contribution in [1.82, 2.24) is 5.32 Å².